The molecule has 0 unspecified atom stereocenters. The van der Waals surface area contributed by atoms with E-state index in [0.717, 1.165) is 24.4 Å². The molecule has 1 aromatic carbocycles. The molecule has 3 heterocycles. The van der Waals surface area contributed by atoms with Gasteiger partial charge in [0.15, 0.2) is 5.15 Å². The van der Waals surface area contributed by atoms with Crippen molar-refractivity contribution in [3.8, 4) is 0 Å². The molecule has 0 bridgehead atoms. The number of anilines is 2. The van der Waals surface area contributed by atoms with Crippen molar-refractivity contribution in [2.45, 2.75) is 0 Å². The molecule has 0 spiro atoms. The summed E-state index contributed by atoms with van der Waals surface area (Å²) >= 11 is 12.6. The van der Waals surface area contributed by atoms with Gasteiger partial charge in [0, 0.05) is 25.4 Å². The summed E-state index contributed by atoms with van der Waals surface area (Å²) in [6.07, 6.45) is 4.93. The Labute approximate surface area is 172 Å². The third-order valence-corrected chi connectivity index (χ3v) is 5.07. The van der Waals surface area contributed by atoms with Gasteiger partial charge in [0.05, 0.1) is 35.3 Å². The maximum Gasteiger partial charge on any atom is 0.248 e. The van der Waals surface area contributed by atoms with E-state index in [0.29, 0.717) is 34.8 Å². The first-order chi connectivity index (χ1) is 13.6. The molecule has 28 heavy (non-hydrogen) atoms. The van der Waals surface area contributed by atoms with Crippen molar-refractivity contribution in [2.75, 3.05) is 36.5 Å². The summed E-state index contributed by atoms with van der Waals surface area (Å²) in [5, 5.41) is 3.84. The van der Waals surface area contributed by atoms with Crippen LogP contribution in [0, 0.1) is 0 Å². The number of carbonyl (C=O) groups excluding carboxylic acids is 1. The van der Waals surface area contributed by atoms with Gasteiger partial charge in [-0.05, 0) is 30.3 Å². The zero-order valence-corrected chi connectivity index (χ0v) is 16.5. The van der Waals surface area contributed by atoms with Crippen molar-refractivity contribution in [2.24, 2.45) is 0 Å². The van der Waals surface area contributed by atoms with Gasteiger partial charge < -0.3 is 15.0 Å². The molecule has 2 aromatic heterocycles. The highest BCUT2D eigenvalue weighted by Gasteiger charge is 2.18. The van der Waals surface area contributed by atoms with Crippen LogP contribution in [0.1, 0.15) is 5.69 Å². The summed E-state index contributed by atoms with van der Waals surface area (Å²) in [6.45, 7) is 2.70. The summed E-state index contributed by atoms with van der Waals surface area (Å²) in [5.74, 6) is -0.279. The van der Waals surface area contributed by atoms with Crippen molar-refractivity contribution in [3.05, 3.63) is 64.5 Å². The van der Waals surface area contributed by atoms with Crippen molar-refractivity contribution in [1.82, 2.24) is 9.38 Å². The maximum atomic E-state index is 12.5. The van der Waals surface area contributed by atoms with Gasteiger partial charge in [-0.1, -0.05) is 35.3 Å². The fraction of sp³-hybridized carbons (Fsp3) is 0.200. The van der Waals surface area contributed by atoms with Gasteiger partial charge in [-0.3, -0.25) is 9.20 Å². The van der Waals surface area contributed by atoms with E-state index in [4.69, 9.17) is 27.9 Å². The number of morpholine rings is 1. The Bertz CT molecular complexity index is 1040. The van der Waals surface area contributed by atoms with Crippen LogP contribution in [-0.4, -0.2) is 41.6 Å². The molecule has 1 N–H and O–H groups in total. The van der Waals surface area contributed by atoms with E-state index in [-0.39, 0.29) is 5.91 Å². The Morgan fingerprint density at radius 3 is 2.79 bits per heavy atom. The summed E-state index contributed by atoms with van der Waals surface area (Å²) in [5.41, 5.74) is 2.83. The van der Waals surface area contributed by atoms with Crippen molar-refractivity contribution >= 4 is 52.2 Å². The summed E-state index contributed by atoms with van der Waals surface area (Å²) < 4.78 is 7.23. The van der Waals surface area contributed by atoms with E-state index in [1.165, 1.54) is 6.08 Å². The molecule has 0 atom stereocenters. The molecule has 1 fully saturated rings. The van der Waals surface area contributed by atoms with Crippen LogP contribution in [0.25, 0.3) is 11.7 Å². The lowest BCUT2D eigenvalue weighted by atomic mass is 10.2. The average molecular weight is 417 g/mol. The fourth-order valence-corrected chi connectivity index (χ4v) is 3.72. The highest BCUT2D eigenvalue weighted by Crippen LogP contribution is 2.34. The summed E-state index contributed by atoms with van der Waals surface area (Å²) in [6, 6.07) is 11.1. The first kappa shape index (κ1) is 18.8. The van der Waals surface area contributed by atoms with Crippen LogP contribution in [0.3, 0.4) is 0 Å². The van der Waals surface area contributed by atoms with Crippen molar-refractivity contribution < 1.29 is 9.53 Å². The highest BCUT2D eigenvalue weighted by molar-refractivity contribution is 6.34. The third-order valence-electron chi connectivity index (χ3n) is 4.49. The number of rotatable bonds is 4. The normalized spacial score (nSPS) is 14.7. The van der Waals surface area contributed by atoms with E-state index in [1.807, 2.05) is 47.0 Å². The van der Waals surface area contributed by atoms with E-state index in [2.05, 4.69) is 15.2 Å². The minimum Gasteiger partial charge on any atom is -0.378 e. The number of benzene rings is 1. The lowest BCUT2D eigenvalue weighted by molar-refractivity contribution is -0.111. The number of hydrogen-bond acceptors (Lipinski definition) is 4. The van der Waals surface area contributed by atoms with Crippen LogP contribution in [0.4, 0.5) is 11.4 Å². The molecular weight excluding hydrogens is 399 g/mol. The summed E-state index contributed by atoms with van der Waals surface area (Å²) in [4.78, 5) is 18.9. The molecule has 3 aromatic rings. The number of nitrogens with zero attached hydrogens (tertiary/aromatic N) is 3. The number of carbonyl (C=O) groups is 1. The number of pyridine rings is 1. The maximum absolute atomic E-state index is 12.5. The van der Waals surface area contributed by atoms with Crippen LogP contribution in [-0.2, 0) is 9.53 Å². The zero-order valence-electron chi connectivity index (χ0n) is 14.9. The smallest absolute Gasteiger partial charge is 0.248 e. The molecule has 0 radical (unpaired) electrons. The minimum absolute atomic E-state index is 0.279. The standard InChI is InChI=1S/C20H18Cl2N4O2/c21-14-4-3-5-15(19(14)25-10-12-28-13-11-25)23-18(27)8-7-16-20(22)24-17-6-1-2-9-26(16)17/h1-9H,10-13H2,(H,23,27)/b8-7+. The van der Waals surface area contributed by atoms with Gasteiger partial charge in [0.2, 0.25) is 5.91 Å². The van der Waals surface area contributed by atoms with Gasteiger partial charge in [-0.2, -0.15) is 0 Å². The number of aromatic nitrogens is 2. The van der Waals surface area contributed by atoms with E-state index in [1.54, 1.807) is 6.08 Å². The van der Waals surface area contributed by atoms with Crippen LogP contribution in [0.2, 0.25) is 10.2 Å². The second-order valence-corrected chi connectivity index (χ2v) is 7.04. The van der Waals surface area contributed by atoms with Crippen LogP contribution in [0.15, 0.2) is 48.7 Å². The average Bonchev–Trinajstić information content (AvgIpc) is 3.02. The van der Waals surface area contributed by atoms with Crippen LogP contribution >= 0.6 is 23.2 Å². The highest BCUT2D eigenvalue weighted by atomic mass is 35.5. The molecule has 4 rings (SSSR count). The molecule has 1 saturated heterocycles. The second kappa shape index (κ2) is 8.22. The Balaban J connectivity index is 1.56. The number of fused-ring (bicyclic) bond motifs is 1. The molecule has 6 nitrogen and oxygen atoms in total. The third kappa shape index (κ3) is 3.85. The van der Waals surface area contributed by atoms with Gasteiger partial charge in [0.25, 0.3) is 0 Å². The number of hydrogen-bond donors (Lipinski definition) is 1. The number of para-hydroxylation sites is 1. The van der Waals surface area contributed by atoms with Crippen LogP contribution in [0.5, 0.6) is 0 Å². The molecule has 8 heteroatoms. The molecule has 1 aliphatic heterocycles. The number of ether oxygens (including phenoxy) is 1. The van der Waals surface area contributed by atoms with Gasteiger partial charge in [0.1, 0.15) is 5.65 Å². The first-order valence-corrected chi connectivity index (χ1v) is 9.62. The van der Waals surface area contributed by atoms with Crippen molar-refractivity contribution in [3.63, 3.8) is 0 Å². The van der Waals surface area contributed by atoms with E-state index >= 15 is 0 Å². The quantitative estimate of drug-likeness (QED) is 0.649. The Kier molecular flexibility index (Phi) is 5.52. The van der Waals surface area contributed by atoms with Gasteiger partial charge in [-0.15, -0.1) is 0 Å². The van der Waals surface area contributed by atoms with Crippen LogP contribution < -0.4 is 10.2 Å². The first-order valence-electron chi connectivity index (χ1n) is 8.86. The fourth-order valence-electron chi connectivity index (χ4n) is 3.19. The SMILES string of the molecule is O=C(/C=C/c1c(Cl)nc2ccccn12)Nc1cccc(Cl)c1N1CCOCC1. The molecule has 1 aliphatic rings. The molecular formula is C20H18Cl2N4O2. The minimum atomic E-state index is -0.279. The molecule has 144 valence electrons. The molecule has 0 saturated carbocycles. The second-order valence-electron chi connectivity index (χ2n) is 6.27. The lowest BCUT2D eigenvalue weighted by Gasteiger charge is -2.31. The topological polar surface area (TPSA) is 58.9 Å². The Hall–Kier alpha value is -2.54. The van der Waals surface area contributed by atoms with E-state index in [9.17, 15) is 4.79 Å². The number of imidazole rings is 1. The van der Waals surface area contributed by atoms with Gasteiger partial charge >= 0.3 is 0 Å². The monoisotopic (exact) mass is 416 g/mol. The molecule has 1 amide bonds. The number of amides is 1. The number of nitrogens with one attached hydrogen (secondary N) is 1. The predicted octanol–water partition coefficient (Wildman–Crippen LogP) is 4.13. The lowest BCUT2D eigenvalue weighted by Crippen LogP contribution is -2.37. The largest absolute Gasteiger partial charge is 0.378 e. The zero-order chi connectivity index (χ0) is 19.5. The Morgan fingerprint density at radius 2 is 1.96 bits per heavy atom. The number of halogens is 2. The summed E-state index contributed by atoms with van der Waals surface area (Å²) in [7, 11) is 0. The van der Waals surface area contributed by atoms with Gasteiger partial charge in [-0.25, -0.2) is 4.98 Å². The Morgan fingerprint density at radius 1 is 1.14 bits per heavy atom. The molecule has 0 aliphatic carbocycles. The van der Waals surface area contributed by atoms with Crippen molar-refractivity contribution in [1.29, 1.82) is 0 Å². The predicted molar refractivity (Wildman–Crippen MR) is 112 cm³/mol. The van der Waals surface area contributed by atoms with E-state index < -0.39 is 0 Å².